The molecule has 0 aliphatic heterocycles. The van der Waals surface area contributed by atoms with Gasteiger partial charge in [0.1, 0.15) is 5.69 Å². The Kier molecular flexibility index (Phi) is 8.38. The zero-order valence-corrected chi connectivity index (χ0v) is 16.0. The van der Waals surface area contributed by atoms with Crippen LogP contribution < -0.4 is 5.32 Å². The zero-order chi connectivity index (χ0) is 19.0. The lowest BCUT2D eigenvalue weighted by molar-refractivity contribution is -0.124. The molecule has 1 rings (SSSR count). The molecule has 0 bridgehead atoms. The lowest BCUT2D eigenvalue weighted by Gasteiger charge is -2.15. The molecule has 2 N–H and O–H groups in total. The summed E-state index contributed by atoms with van der Waals surface area (Å²) >= 11 is 0. The Hall–Kier alpha value is -2.11. The van der Waals surface area contributed by atoms with Crippen molar-refractivity contribution >= 4 is 17.7 Å². The van der Waals surface area contributed by atoms with Gasteiger partial charge in [0.2, 0.25) is 0 Å². The summed E-state index contributed by atoms with van der Waals surface area (Å²) in [6.07, 6.45) is 4.38. The quantitative estimate of drug-likeness (QED) is 0.500. The summed E-state index contributed by atoms with van der Waals surface area (Å²) in [5, 5.41) is 2.82. The van der Waals surface area contributed by atoms with Crippen LogP contribution in [0.15, 0.2) is 0 Å². The van der Waals surface area contributed by atoms with Gasteiger partial charge in [0, 0.05) is 17.8 Å². The smallest absolute Gasteiger partial charge is 0.355 e. The van der Waals surface area contributed by atoms with Crippen molar-refractivity contribution in [2.24, 2.45) is 5.92 Å². The first kappa shape index (κ1) is 20.9. The second-order valence-corrected chi connectivity index (χ2v) is 6.48. The molecule has 0 saturated carbocycles. The molecular formula is C19H30N2O4. The zero-order valence-electron chi connectivity index (χ0n) is 16.0. The topological polar surface area (TPSA) is 88.3 Å². The maximum atomic E-state index is 12.1. The van der Waals surface area contributed by atoms with Crippen LogP contribution in [0, 0.1) is 19.8 Å². The Balaban J connectivity index is 2.52. The third-order valence-corrected chi connectivity index (χ3v) is 4.46. The number of aromatic nitrogens is 1. The number of carbonyl (C=O) groups is 3. The normalized spacial score (nSPS) is 11.9. The number of ketones is 1. The van der Waals surface area contributed by atoms with Crippen LogP contribution in [-0.2, 0) is 9.53 Å². The van der Waals surface area contributed by atoms with Crippen LogP contribution in [-0.4, -0.2) is 35.8 Å². The van der Waals surface area contributed by atoms with Gasteiger partial charge in [-0.3, -0.25) is 9.59 Å². The maximum absolute atomic E-state index is 12.1. The van der Waals surface area contributed by atoms with E-state index in [0.29, 0.717) is 29.3 Å². The Morgan fingerprint density at radius 2 is 1.88 bits per heavy atom. The van der Waals surface area contributed by atoms with Gasteiger partial charge in [0.15, 0.2) is 12.4 Å². The molecule has 1 aromatic heterocycles. The number of nitrogens with one attached hydrogen (secondary N) is 2. The minimum Gasteiger partial charge on any atom is -0.451 e. The summed E-state index contributed by atoms with van der Waals surface area (Å²) in [6, 6.07) is 0. The number of carbonyl (C=O) groups excluding carboxylic acids is 3. The summed E-state index contributed by atoms with van der Waals surface area (Å²) in [4.78, 5) is 38.5. The second-order valence-electron chi connectivity index (χ2n) is 6.48. The van der Waals surface area contributed by atoms with Gasteiger partial charge >= 0.3 is 5.97 Å². The van der Waals surface area contributed by atoms with Gasteiger partial charge in [-0.15, -0.1) is 0 Å². The van der Waals surface area contributed by atoms with Crippen molar-refractivity contribution in [1.29, 1.82) is 0 Å². The lowest BCUT2D eigenvalue weighted by atomic mass is 9.99. The van der Waals surface area contributed by atoms with Crippen LogP contribution in [0.2, 0.25) is 0 Å². The molecule has 0 spiro atoms. The van der Waals surface area contributed by atoms with Gasteiger partial charge in [-0.25, -0.2) is 4.79 Å². The van der Waals surface area contributed by atoms with Gasteiger partial charge in [-0.1, -0.05) is 33.1 Å². The van der Waals surface area contributed by atoms with Crippen LogP contribution in [0.25, 0.3) is 0 Å². The molecule has 1 atom stereocenters. The Morgan fingerprint density at radius 3 is 2.40 bits per heavy atom. The molecular weight excluding hydrogens is 320 g/mol. The number of esters is 1. The van der Waals surface area contributed by atoms with Gasteiger partial charge < -0.3 is 15.0 Å². The second kappa shape index (κ2) is 10.0. The number of aryl methyl sites for hydroxylation is 1. The molecule has 0 saturated heterocycles. The molecule has 1 aromatic rings. The van der Waals surface area contributed by atoms with Crippen LogP contribution >= 0.6 is 0 Å². The average molecular weight is 350 g/mol. The maximum Gasteiger partial charge on any atom is 0.355 e. The first-order chi connectivity index (χ1) is 11.8. The third kappa shape index (κ3) is 6.03. The van der Waals surface area contributed by atoms with E-state index in [1.54, 1.807) is 13.8 Å². The van der Waals surface area contributed by atoms with Crippen molar-refractivity contribution in [3.05, 3.63) is 22.5 Å². The van der Waals surface area contributed by atoms with E-state index in [9.17, 15) is 14.4 Å². The number of ether oxygens (including phenoxy) is 1. The van der Waals surface area contributed by atoms with Gasteiger partial charge in [0.05, 0.1) is 0 Å². The number of Topliss-reactive ketones (excluding diaryl/α,β-unsaturated/α-hetero) is 1. The molecule has 0 radical (unpaired) electrons. The van der Waals surface area contributed by atoms with Crippen molar-refractivity contribution in [2.75, 3.05) is 13.2 Å². The monoisotopic (exact) mass is 350 g/mol. The molecule has 0 fully saturated rings. The standard InChI is InChI=1S/C19H30N2O4/c1-6-8-9-15(7-2)10-20-16(23)11-25-19(24)18-12(3)17(14(5)22)13(4)21-18/h15,21H,6-11H2,1-5H3,(H,20,23)/t15-/m1/s1. The highest BCUT2D eigenvalue weighted by Gasteiger charge is 2.21. The molecule has 6 heteroatoms. The number of H-pyrrole nitrogens is 1. The fourth-order valence-electron chi connectivity index (χ4n) is 2.94. The van der Waals surface area contributed by atoms with Gasteiger partial charge in [-0.05, 0) is 38.7 Å². The summed E-state index contributed by atoms with van der Waals surface area (Å²) in [5.74, 6) is -0.593. The number of aromatic amines is 1. The summed E-state index contributed by atoms with van der Waals surface area (Å²) < 4.78 is 5.07. The Labute approximate surface area is 149 Å². The minimum atomic E-state index is -0.624. The first-order valence-corrected chi connectivity index (χ1v) is 8.95. The van der Waals surface area contributed by atoms with Gasteiger partial charge in [0.25, 0.3) is 5.91 Å². The van der Waals surface area contributed by atoms with Crippen molar-refractivity contribution in [3.8, 4) is 0 Å². The summed E-state index contributed by atoms with van der Waals surface area (Å²) in [6.45, 7) is 9.40. The predicted molar refractivity (Wildman–Crippen MR) is 96.9 cm³/mol. The number of hydrogen-bond acceptors (Lipinski definition) is 4. The van der Waals surface area contributed by atoms with Gasteiger partial charge in [-0.2, -0.15) is 0 Å². The molecule has 140 valence electrons. The first-order valence-electron chi connectivity index (χ1n) is 8.95. The number of unbranched alkanes of at least 4 members (excludes halogenated alkanes) is 1. The van der Waals surface area contributed by atoms with E-state index in [1.807, 2.05) is 0 Å². The molecule has 25 heavy (non-hydrogen) atoms. The SMILES string of the molecule is CCCC[C@@H](CC)CNC(=O)COC(=O)c1[nH]c(C)c(C(C)=O)c1C. The van der Waals surface area contributed by atoms with E-state index < -0.39 is 5.97 Å². The van der Waals surface area contributed by atoms with Crippen molar-refractivity contribution < 1.29 is 19.1 Å². The van der Waals surface area contributed by atoms with Crippen molar-refractivity contribution in [1.82, 2.24) is 10.3 Å². The molecule has 0 aliphatic carbocycles. The average Bonchev–Trinajstić information content (AvgIpc) is 2.87. The minimum absolute atomic E-state index is 0.110. The fraction of sp³-hybridized carbons (Fsp3) is 0.632. The highest BCUT2D eigenvalue weighted by atomic mass is 16.5. The van der Waals surface area contributed by atoms with Crippen LogP contribution in [0.3, 0.4) is 0 Å². The Bertz CT molecular complexity index is 619. The van der Waals surface area contributed by atoms with E-state index in [1.165, 1.54) is 6.92 Å². The highest BCUT2D eigenvalue weighted by molar-refractivity contribution is 6.01. The van der Waals surface area contributed by atoms with Crippen LogP contribution in [0.5, 0.6) is 0 Å². The largest absolute Gasteiger partial charge is 0.451 e. The van der Waals surface area contributed by atoms with E-state index in [0.717, 1.165) is 25.7 Å². The number of hydrogen-bond donors (Lipinski definition) is 2. The fourth-order valence-corrected chi connectivity index (χ4v) is 2.94. The molecule has 1 amide bonds. The highest BCUT2D eigenvalue weighted by Crippen LogP contribution is 2.19. The van der Waals surface area contributed by atoms with E-state index in [-0.39, 0.29) is 24.0 Å². The number of amides is 1. The molecule has 0 aromatic carbocycles. The molecule has 1 heterocycles. The predicted octanol–water partition coefficient (Wildman–Crippen LogP) is 3.32. The molecule has 6 nitrogen and oxygen atoms in total. The third-order valence-electron chi connectivity index (χ3n) is 4.46. The van der Waals surface area contributed by atoms with E-state index in [2.05, 4.69) is 24.1 Å². The molecule has 0 aliphatic rings. The van der Waals surface area contributed by atoms with E-state index in [4.69, 9.17) is 4.74 Å². The van der Waals surface area contributed by atoms with Crippen LogP contribution in [0.4, 0.5) is 0 Å². The molecule has 0 unspecified atom stereocenters. The lowest BCUT2D eigenvalue weighted by Crippen LogP contribution is -2.33. The summed E-state index contributed by atoms with van der Waals surface area (Å²) in [5.41, 5.74) is 1.91. The Morgan fingerprint density at radius 1 is 1.20 bits per heavy atom. The summed E-state index contributed by atoms with van der Waals surface area (Å²) in [7, 11) is 0. The van der Waals surface area contributed by atoms with E-state index >= 15 is 0 Å². The number of rotatable bonds is 10. The van der Waals surface area contributed by atoms with Crippen molar-refractivity contribution in [2.45, 2.75) is 60.3 Å². The van der Waals surface area contributed by atoms with Crippen LogP contribution in [0.1, 0.15) is 78.6 Å². The van der Waals surface area contributed by atoms with Crippen molar-refractivity contribution in [3.63, 3.8) is 0 Å².